The molecule has 4 rings (SSSR count). The van der Waals surface area contributed by atoms with Crippen molar-refractivity contribution in [2.24, 2.45) is 5.41 Å². The van der Waals surface area contributed by atoms with Gasteiger partial charge in [-0.05, 0) is 43.0 Å². The number of carbonyl (C=O) groups excluding carboxylic acids is 1. The molecule has 1 saturated heterocycles. The van der Waals surface area contributed by atoms with Gasteiger partial charge in [-0.25, -0.2) is 0 Å². The van der Waals surface area contributed by atoms with E-state index in [1.165, 1.54) is 5.56 Å². The van der Waals surface area contributed by atoms with Gasteiger partial charge in [0.2, 0.25) is 5.79 Å². The van der Waals surface area contributed by atoms with Crippen LogP contribution in [0.3, 0.4) is 0 Å². The summed E-state index contributed by atoms with van der Waals surface area (Å²) >= 11 is 0. The van der Waals surface area contributed by atoms with E-state index in [4.69, 9.17) is 14.2 Å². The molecule has 0 atom stereocenters. The molecule has 0 aromatic heterocycles. The van der Waals surface area contributed by atoms with Gasteiger partial charge in [0, 0.05) is 23.8 Å². The van der Waals surface area contributed by atoms with Gasteiger partial charge in [0.15, 0.2) is 0 Å². The molecule has 0 bridgehead atoms. The number of rotatable bonds is 1. The molecule has 1 aromatic rings. The smallest absolute Gasteiger partial charge is 0.201 e. The predicted octanol–water partition coefficient (Wildman–Crippen LogP) is 2.58. The van der Waals surface area contributed by atoms with E-state index in [1.807, 2.05) is 6.07 Å². The highest BCUT2D eigenvalue weighted by atomic mass is 16.7. The summed E-state index contributed by atoms with van der Waals surface area (Å²) in [5, 5.41) is 0. The zero-order chi connectivity index (χ0) is 14.5. The SMILES string of the molecule is COc1ccc2c(c1)CC1(CCC(=O)CC1)C21OCCO1. The monoisotopic (exact) mass is 288 g/mol. The highest BCUT2D eigenvalue weighted by molar-refractivity contribution is 5.79. The van der Waals surface area contributed by atoms with Gasteiger partial charge in [0.25, 0.3) is 0 Å². The molecule has 1 heterocycles. The second-order valence-electron chi connectivity index (χ2n) is 6.33. The molecule has 112 valence electrons. The highest BCUT2D eigenvalue weighted by Crippen LogP contribution is 2.61. The average molecular weight is 288 g/mol. The van der Waals surface area contributed by atoms with E-state index in [9.17, 15) is 4.79 Å². The van der Waals surface area contributed by atoms with Crippen LogP contribution >= 0.6 is 0 Å². The lowest BCUT2D eigenvalue weighted by molar-refractivity contribution is -0.246. The zero-order valence-electron chi connectivity index (χ0n) is 12.3. The fourth-order valence-corrected chi connectivity index (χ4v) is 4.32. The van der Waals surface area contributed by atoms with E-state index in [0.29, 0.717) is 31.8 Å². The Hall–Kier alpha value is -1.39. The van der Waals surface area contributed by atoms with Gasteiger partial charge < -0.3 is 14.2 Å². The first-order chi connectivity index (χ1) is 10.2. The van der Waals surface area contributed by atoms with Crippen molar-refractivity contribution in [3.05, 3.63) is 29.3 Å². The van der Waals surface area contributed by atoms with E-state index in [0.717, 1.165) is 30.6 Å². The third kappa shape index (κ3) is 1.72. The van der Waals surface area contributed by atoms with Gasteiger partial charge in [-0.3, -0.25) is 4.79 Å². The molecule has 0 N–H and O–H groups in total. The lowest BCUT2D eigenvalue weighted by atomic mass is 9.68. The molecule has 21 heavy (non-hydrogen) atoms. The number of benzene rings is 1. The Morgan fingerprint density at radius 1 is 1.14 bits per heavy atom. The van der Waals surface area contributed by atoms with Gasteiger partial charge >= 0.3 is 0 Å². The summed E-state index contributed by atoms with van der Waals surface area (Å²) in [6.07, 6.45) is 3.89. The molecule has 2 spiro atoms. The summed E-state index contributed by atoms with van der Waals surface area (Å²) in [6, 6.07) is 6.14. The second kappa shape index (κ2) is 4.55. The third-order valence-corrected chi connectivity index (χ3v) is 5.35. The standard InChI is InChI=1S/C17H20O4/c1-19-14-2-3-15-12(10-14)11-16(6-4-13(18)5-7-16)17(15)20-8-9-21-17/h2-3,10H,4-9,11H2,1H3. The Labute approximate surface area is 124 Å². The van der Waals surface area contributed by atoms with Crippen molar-refractivity contribution in [2.45, 2.75) is 37.9 Å². The largest absolute Gasteiger partial charge is 0.497 e. The van der Waals surface area contributed by atoms with Crippen molar-refractivity contribution in [2.75, 3.05) is 20.3 Å². The summed E-state index contributed by atoms with van der Waals surface area (Å²) < 4.78 is 17.7. The third-order valence-electron chi connectivity index (χ3n) is 5.35. The van der Waals surface area contributed by atoms with E-state index in [1.54, 1.807) is 7.11 Å². The van der Waals surface area contributed by atoms with Crippen LogP contribution in [0.25, 0.3) is 0 Å². The van der Waals surface area contributed by atoms with Crippen LogP contribution in [0.5, 0.6) is 5.75 Å². The van der Waals surface area contributed by atoms with Crippen molar-refractivity contribution in [1.29, 1.82) is 0 Å². The van der Waals surface area contributed by atoms with Crippen molar-refractivity contribution < 1.29 is 19.0 Å². The normalized spacial score (nSPS) is 25.5. The molecule has 4 nitrogen and oxygen atoms in total. The van der Waals surface area contributed by atoms with Crippen LogP contribution in [0.15, 0.2) is 18.2 Å². The molecule has 0 radical (unpaired) electrons. The summed E-state index contributed by atoms with van der Waals surface area (Å²) in [7, 11) is 1.68. The summed E-state index contributed by atoms with van der Waals surface area (Å²) in [5.41, 5.74) is 2.28. The Bertz CT molecular complexity index is 576. The van der Waals surface area contributed by atoms with Crippen molar-refractivity contribution in [1.82, 2.24) is 0 Å². The van der Waals surface area contributed by atoms with E-state index in [-0.39, 0.29) is 5.41 Å². The first-order valence-electron chi connectivity index (χ1n) is 7.66. The van der Waals surface area contributed by atoms with Gasteiger partial charge in [-0.1, -0.05) is 0 Å². The van der Waals surface area contributed by atoms with Gasteiger partial charge in [-0.2, -0.15) is 0 Å². The average Bonchev–Trinajstić information content (AvgIpc) is 3.09. The predicted molar refractivity (Wildman–Crippen MR) is 76.2 cm³/mol. The number of ether oxygens (including phenoxy) is 3. The first-order valence-corrected chi connectivity index (χ1v) is 7.66. The Morgan fingerprint density at radius 2 is 1.86 bits per heavy atom. The lowest BCUT2D eigenvalue weighted by Crippen LogP contribution is -2.46. The van der Waals surface area contributed by atoms with E-state index < -0.39 is 5.79 Å². The summed E-state index contributed by atoms with van der Waals surface area (Å²) in [4.78, 5) is 11.7. The van der Waals surface area contributed by atoms with E-state index >= 15 is 0 Å². The molecular weight excluding hydrogens is 268 g/mol. The molecular formula is C17H20O4. The van der Waals surface area contributed by atoms with Crippen LogP contribution in [-0.4, -0.2) is 26.1 Å². The maximum atomic E-state index is 11.7. The maximum absolute atomic E-state index is 11.7. The molecule has 0 amide bonds. The zero-order valence-corrected chi connectivity index (χ0v) is 12.3. The van der Waals surface area contributed by atoms with Gasteiger partial charge in [0.1, 0.15) is 11.5 Å². The molecule has 0 unspecified atom stereocenters. The number of fused-ring (bicyclic) bond motifs is 3. The molecule has 4 heteroatoms. The van der Waals surface area contributed by atoms with Crippen LogP contribution in [-0.2, 0) is 26.5 Å². The minimum atomic E-state index is -0.644. The molecule has 1 aliphatic heterocycles. The maximum Gasteiger partial charge on any atom is 0.201 e. The van der Waals surface area contributed by atoms with Crippen LogP contribution < -0.4 is 4.74 Å². The Morgan fingerprint density at radius 3 is 2.52 bits per heavy atom. The van der Waals surface area contributed by atoms with Gasteiger partial charge in [-0.15, -0.1) is 0 Å². The highest BCUT2D eigenvalue weighted by Gasteiger charge is 2.62. The second-order valence-corrected chi connectivity index (χ2v) is 6.33. The van der Waals surface area contributed by atoms with Crippen molar-refractivity contribution >= 4 is 5.78 Å². The van der Waals surface area contributed by atoms with Gasteiger partial charge in [0.05, 0.1) is 20.3 Å². The molecule has 1 saturated carbocycles. The molecule has 3 aliphatic rings. The number of carbonyl (C=O) groups is 1. The number of methoxy groups -OCH3 is 1. The Balaban J connectivity index is 1.81. The van der Waals surface area contributed by atoms with Crippen LogP contribution in [0.1, 0.15) is 36.8 Å². The fraction of sp³-hybridized carbons (Fsp3) is 0.588. The van der Waals surface area contributed by atoms with Crippen molar-refractivity contribution in [3.8, 4) is 5.75 Å². The summed E-state index contributed by atoms with van der Waals surface area (Å²) in [5.74, 6) is 0.586. The van der Waals surface area contributed by atoms with Crippen molar-refractivity contribution in [3.63, 3.8) is 0 Å². The molecule has 2 aliphatic carbocycles. The number of hydrogen-bond acceptors (Lipinski definition) is 4. The van der Waals surface area contributed by atoms with Crippen LogP contribution in [0, 0.1) is 5.41 Å². The number of hydrogen-bond donors (Lipinski definition) is 0. The quantitative estimate of drug-likeness (QED) is 0.796. The minimum Gasteiger partial charge on any atom is -0.497 e. The fourth-order valence-electron chi connectivity index (χ4n) is 4.32. The first kappa shape index (κ1) is 13.3. The molecule has 1 aromatic carbocycles. The Kier molecular flexibility index (Phi) is 2.88. The molecule has 2 fully saturated rings. The minimum absolute atomic E-state index is 0.0912. The number of Topliss-reactive ketones (excluding diaryl/α,β-unsaturated/α-hetero) is 1. The van der Waals surface area contributed by atoms with Crippen LogP contribution in [0.4, 0.5) is 0 Å². The van der Waals surface area contributed by atoms with Crippen LogP contribution in [0.2, 0.25) is 0 Å². The summed E-state index contributed by atoms with van der Waals surface area (Å²) in [6.45, 7) is 1.25. The lowest BCUT2D eigenvalue weighted by Gasteiger charge is -2.44. The number of ketones is 1. The van der Waals surface area contributed by atoms with E-state index in [2.05, 4.69) is 12.1 Å². The topological polar surface area (TPSA) is 44.8 Å².